The number of carbonyl (C=O) groups excluding carboxylic acids is 3. The van der Waals surface area contributed by atoms with Crippen LogP contribution in [0.15, 0.2) is 57.9 Å². The summed E-state index contributed by atoms with van der Waals surface area (Å²) in [6.45, 7) is 4.77. The van der Waals surface area contributed by atoms with Gasteiger partial charge in [0.25, 0.3) is 11.8 Å². The Morgan fingerprint density at radius 1 is 1.00 bits per heavy atom. The van der Waals surface area contributed by atoms with Crippen LogP contribution in [-0.2, 0) is 14.3 Å². The van der Waals surface area contributed by atoms with Crippen molar-refractivity contribution >= 4 is 51.2 Å². The Morgan fingerprint density at radius 3 is 2.21 bits per heavy atom. The van der Waals surface area contributed by atoms with Crippen molar-refractivity contribution in [3.8, 4) is 0 Å². The molecule has 0 spiro atoms. The Kier molecular flexibility index (Phi) is 9.21. The summed E-state index contributed by atoms with van der Waals surface area (Å²) < 4.78 is 5.97. The number of thioether (sulfide) groups is 1. The SMILES string of the molecule is CCN(CC)C(=O)c1ccc(NC(=O)COC(=O)CSc2ccc(Br)cc2)cc1. The van der Waals surface area contributed by atoms with Crippen molar-refractivity contribution in [2.45, 2.75) is 18.7 Å². The molecule has 0 unspecified atom stereocenters. The van der Waals surface area contributed by atoms with Gasteiger partial charge < -0.3 is 15.0 Å². The molecule has 0 saturated heterocycles. The number of nitrogens with one attached hydrogen (secondary N) is 1. The maximum Gasteiger partial charge on any atom is 0.316 e. The lowest BCUT2D eigenvalue weighted by Crippen LogP contribution is -2.30. The first-order valence-corrected chi connectivity index (χ1v) is 10.9. The second-order valence-electron chi connectivity index (χ2n) is 6.01. The molecule has 2 aromatic carbocycles. The largest absolute Gasteiger partial charge is 0.455 e. The summed E-state index contributed by atoms with van der Waals surface area (Å²) in [5, 5.41) is 2.65. The molecule has 0 aliphatic rings. The predicted octanol–water partition coefficient (Wildman–Crippen LogP) is 4.21. The first-order chi connectivity index (χ1) is 13.9. The summed E-state index contributed by atoms with van der Waals surface area (Å²) >= 11 is 4.69. The van der Waals surface area contributed by atoms with E-state index in [0.717, 1.165) is 9.37 Å². The van der Waals surface area contributed by atoms with Crippen LogP contribution in [0.1, 0.15) is 24.2 Å². The van der Waals surface area contributed by atoms with Gasteiger partial charge in [-0.15, -0.1) is 11.8 Å². The van der Waals surface area contributed by atoms with E-state index in [2.05, 4.69) is 21.2 Å². The maximum atomic E-state index is 12.3. The van der Waals surface area contributed by atoms with E-state index < -0.39 is 11.9 Å². The first-order valence-electron chi connectivity index (χ1n) is 9.16. The molecule has 0 aromatic heterocycles. The molecular formula is C21H23BrN2O4S. The van der Waals surface area contributed by atoms with Gasteiger partial charge in [-0.05, 0) is 62.4 Å². The Labute approximate surface area is 183 Å². The topological polar surface area (TPSA) is 75.7 Å². The third-order valence-corrected chi connectivity index (χ3v) is 5.52. The highest BCUT2D eigenvalue weighted by atomic mass is 79.9. The van der Waals surface area contributed by atoms with Crippen LogP contribution >= 0.6 is 27.7 Å². The maximum absolute atomic E-state index is 12.3. The molecule has 0 heterocycles. The van der Waals surface area contributed by atoms with Crippen LogP contribution in [0.25, 0.3) is 0 Å². The van der Waals surface area contributed by atoms with E-state index in [1.165, 1.54) is 11.8 Å². The predicted molar refractivity (Wildman–Crippen MR) is 118 cm³/mol. The van der Waals surface area contributed by atoms with Crippen molar-refractivity contribution in [2.75, 3.05) is 30.8 Å². The van der Waals surface area contributed by atoms with Gasteiger partial charge in [-0.25, -0.2) is 0 Å². The van der Waals surface area contributed by atoms with Gasteiger partial charge in [0.05, 0.1) is 5.75 Å². The van der Waals surface area contributed by atoms with Crippen LogP contribution < -0.4 is 5.32 Å². The van der Waals surface area contributed by atoms with Crippen LogP contribution in [-0.4, -0.2) is 48.1 Å². The van der Waals surface area contributed by atoms with Crippen LogP contribution in [0, 0.1) is 0 Å². The van der Waals surface area contributed by atoms with Crippen molar-refractivity contribution < 1.29 is 19.1 Å². The molecular weight excluding hydrogens is 456 g/mol. The van der Waals surface area contributed by atoms with Gasteiger partial charge in [0, 0.05) is 33.7 Å². The van der Waals surface area contributed by atoms with Crippen LogP contribution in [0.4, 0.5) is 5.69 Å². The van der Waals surface area contributed by atoms with Gasteiger partial charge >= 0.3 is 5.97 Å². The summed E-state index contributed by atoms with van der Waals surface area (Å²) in [5.41, 5.74) is 1.09. The second-order valence-corrected chi connectivity index (χ2v) is 7.97. The first kappa shape index (κ1) is 23.0. The van der Waals surface area contributed by atoms with E-state index in [4.69, 9.17) is 4.74 Å². The molecule has 0 aliphatic heterocycles. The summed E-state index contributed by atoms with van der Waals surface area (Å²) in [4.78, 5) is 38.7. The number of benzene rings is 2. The van der Waals surface area contributed by atoms with Gasteiger partial charge in [-0.2, -0.15) is 0 Å². The van der Waals surface area contributed by atoms with E-state index in [1.54, 1.807) is 29.2 Å². The molecule has 1 N–H and O–H groups in total. The Bertz CT molecular complexity index is 837. The number of amides is 2. The third kappa shape index (κ3) is 7.55. The minimum Gasteiger partial charge on any atom is -0.455 e. The van der Waals surface area contributed by atoms with E-state index in [9.17, 15) is 14.4 Å². The standard InChI is InChI=1S/C21H23BrN2O4S/c1-3-24(4-2)21(27)15-5-9-17(10-6-15)23-19(25)13-28-20(26)14-29-18-11-7-16(22)8-12-18/h5-12H,3-4,13-14H2,1-2H3,(H,23,25). The highest BCUT2D eigenvalue weighted by Crippen LogP contribution is 2.20. The number of halogens is 1. The molecule has 6 nitrogen and oxygen atoms in total. The monoisotopic (exact) mass is 478 g/mol. The van der Waals surface area contributed by atoms with E-state index in [0.29, 0.717) is 24.3 Å². The van der Waals surface area contributed by atoms with Gasteiger partial charge in [-0.3, -0.25) is 14.4 Å². The summed E-state index contributed by atoms with van der Waals surface area (Å²) in [5.74, 6) is -0.829. The van der Waals surface area contributed by atoms with Crippen molar-refractivity contribution in [3.05, 3.63) is 58.6 Å². The molecule has 2 rings (SSSR count). The van der Waals surface area contributed by atoms with E-state index >= 15 is 0 Å². The lowest BCUT2D eigenvalue weighted by Gasteiger charge is -2.18. The number of ether oxygens (including phenoxy) is 1. The fraction of sp³-hybridized carbons (Fsp3) is 0.286. The molecule has 0 atom stereocenters. The highest BCUT2D eigenvalue weighted by molar-refractivity contribution is 9.10. The number of anilines is 1. The Balaban J connectivity index is 1.76. The molecule has 154 valence electrons. The molecule has 0 radical (unpaired) electrons. The molecule has 0 aliphatic carbocycles. The van der Waals surface area contributed by atoms with Gasteiger partial charge in [0.1, 0.15) is 0 Å². The average Bonchev–Trinajstić information content (AvgIpc) is 2.73. The van der Waals surface area contributed by atoms with Crippen LogP contribution in [0.5, 0.6) is 0 Å². The summed E-state index contributed by atoms with van der Waals surface area (Å²) in [6, 6.07) is 14.2. The zero-order valence-electron chi connectivity index (χ0n) is 16.3. The number of carbonyl (C=O) groups is 3. The summed E-state index contributed by atoms with van der Waals surface area (Å²) in [7, 11) is 0. The van der Waals surface area contributed by atoms with Crippen LogP contribution in [0.3, 0.4) is 0 Å². The number of nitrogens with zero attached hydrogens (tertiary/aromatic N) is 1. The zero-order chi connectivity index (χ0) is 21.2. The lowest BCUT2D eigenvalue weighted by molar-refractivity contribution is -0.144. The van der Waals surface area contributed by atoms with Crippen LogP contribution in [0.2, 0.25) is 0 Å². The Hall–Kier alpha value is -2.32. The van der Waals surface area contributed by atoms with Gasteiger partial charge in [0.2, 0.25) is 0 Å². The fourth-order valence-corrected chi connectivity index (χ4v) is 3.41. The smallest absolute Gasteiger partial charge is 0.316 e. The number of rotatable bonds is 9. The highest BCUT2D eigenvalue weighted by Gasteiger charge is 2.13. The molecule has 29 heavy (non-hydrogen) atoms. The number of hydrogen-bond donors (Lipinski definition) is 1. The van der Waals surface area contributed by atoms with Gasteiger partial charge in [-0.1, -0.05) is 15.9 Å². The molecule has 0 saturated carbocycles. The summed E-state index contributed by atoms with van der Waals surface area (Å²) in [6.07, 6.45) is 0. The van der Waals surface area contributed by atoms with E-state index in [1.807, 2.05) is 38.1 Å². The molecule has 0 bridgehead atoms. The average molecular weight is 479 g/mol. The number of esters is 1. The lowest BCUT2D eigenvalue weighted by atomic mass is 10.2. The molecule has 0 fully saturated rings. The fourth-order valence-electron chi connectivity index (χ4n) is 2.45. The number of hydrogen-bond acceptors (Lipinski definition) is 5. The van der Waals surface area contributed by atoms with Crippen molar-refractivity contribution in [3.63, 3.8) is 0 Å². The van der Waals surface area contributed by atoms with Crippen molar-refractivity contribution in [1.82, 2.24) is 4.90 Å². The molecule has 2 aromatic rings. The second kappa shape index (κ2) is 11.6. The van der Waals surface area contributed by atoms with Gasteiger partial charge in [0.15, 0.2) is 6.61 Å². The molecule has 2 amide bonds. The van der Waals surface area contributed by atoms with Crippen molar-refractivity contribution in [2.24, 2.45) is 0 Å². The van der Waals surface area contributed by atoms with Crippen molar-refractivity contribution in [1.29, 1.82) is 0 Å². The normalized spacial score (nSPS) is 10.3. The third-order valence-electron chi connectivity index (χ3n) is 4.00. The molecule has 8 heteroatoms. The zero-order valence-corrected chi connectivity index (χ0v) is 18.7. The Morgan fingerprint density at radius 2 is 1.62 bits per heavy atom. The quantitative estimate of drug-likeness (QED) is 0.431. The minimum absolute atomic E-state index is 0.0509. The minimum atomic E-state index is -0.465. The van der Waals surface area contributed by atoms with E-state index in [-0.39, 0.29) is 18.3 Å².